The SMILES string of the molecule is NCc1ccc(CSc2c(F)c(C3CCN(C(=O)CN4CCOCC4)CC3=O)nn2C(=O)c2cccc(C(=O)O)c2Cl)cc1. The minimum Gasteiger partial charge on any atom is -0.478 e. The van der Waals surface area contributed by atoms with Gasteiger partial charge in [0.25, 0.3) is 5.91 Å². The fourth-order valence-electron chi connectivity index (χ4n) is 5.16. The summed E-state index contributed by atoms with van der Waals surface area (Å²) in [6.45, 7) is 2.91. The molecule has 2 fully saturated rings. The summed E-state index contributed by atoms with van der Waals surface area (Å²) < 4.78 is 22.3. The Morgan fingerprint density at radius 2 is 1.75 bits per heavy atom. The number of rotatable bonds is 9. The second-order valence-electron chi connectivity index (χ2n) is 10.5. The number of carbonyl (C=O) groups excluding carboxylic acids is 3. The van der Waals surface area contributed by atoms with E-state index in [1.807, 2.05) is 29.2 Å². The molecule has 3 aromatic rings. The van der Waals surface area contributed by atoms with Crippen LogP contribution in [0.4, 0.5) is 4.39 Å². The number of ether oxygens (including phenoxy) is 1. The molecular weight excluding hydrogens is 613 g/mol. The summed E-state index contributed by atoms with van der Waals surface area (Å²) in [6, 6.07) is 11.3. The predicted octanol–water partition coefficient (Wildman–Crippen LogP) is 3.03. The number of aromatic nitrogens is 2. The van der Waals surface area contributed by atoms with Gasteiger partial charge in [-0.25, -0.2) is 9.18 Å². The van der Waals surface area contributed by atoms with E-state index in [0.717, 1.165) is 27.6 Å². The number of halogens is 2. The van der Waals surface area contributed by atoms with Crippen molar-refractivity contribution in [1.82, 2.24) is 19.6 Å². The zero-order valence-corrected chi connectivity index (χ0v) is 25.3. The standard InChI is InChI=1S/C30H31ClFN5O6S/c31-25-21(2-1-3-22(25)30(41)42)28(40)37-29(44-17-19-6-4-18(14-33)5-7-19)26(32)27(34-37)20-8-9-36(15-23(20)38)24(39)16-35-10-12-43-13-11-35/h1-7,20H,8-17,33H2,(H,41,42). The lowest BCUT2D eigenvalue weighted by molar-refractivity contribution is -0.140. The first kappa shape index (κ1) is 31.8. The molecule has 0 spiro atoms. The van der Waals surface area contributed by atoms with E-state index >= 15 is 4.39 Å². The lowest BCUT2D eigenvalue weighted by atomic mass is 9.92. The summed E-state index contributed by atoms with van der Waals surface area (Å²) >= 11 is 7.29. The normalized spacial score (nSPS) is 17.6. The number of amides is 1. The van der Waals surface area contributed by atoms with Crippen LogP contribution in [0.15, 0.2) is 47.5 Å². The lowest BCUT2D eigenvalue weighted by Gasteiger charge is -2.33. The van der Waals surface area contributed by atoms with Gasteiger partial charge in [0.2, 0.25) is 5.91 Å². The van der Waals surface area contributed by atoms with E-state index in [2.05, 4.69) is 5.10 Å². The van der Waals surface area contributed by atoms with Gasteiger partial charge >= 0.3 is 5.97 Å². The zero-order valence-electron chi connectivity index (χ0n) is 23.7. The van der Waals surface area contributed by atoms with Gasteiger partial charge in [-0.05, 0) is 29.7 Å². The van der Waals surface area contributed by atoms with Gasteiger partial charge in [0.15, 0.2) is 11.6 Å². The molecule has 2 aromatic carbocycles. The largest absolute Gasteiger partial charge is 0.478 e. The molecule has 5 rings (SSSR count). The maximum absolute atomic E-state index is 16.2. The third kappa shape index (κ3) is 6.87. The van der Waals surface area contributed by atoms with Crippen molar-refractivity contribution in [2.45, 2.75) is 29.7 Å². The number of piperidine rings is 1. The Labute approximate surface area is 262 Å². The third-order valence-corrected chi connectivity index (χ3v) is 9.18. The minimum atomic E-state index is -1.33. The summed E-state index contributed by atoms with van der Waals surface area (Å²) in [7, 11) is 0. The van der Waals surface area contributed by atoms with Crippen LogP contribution in [0.5, 0.6) is 0 Å². The van der Waals surface area contributed by atoms with Crippen LogP contribution in [-0.2, 0) is 26.6 Å². The third-order valence-electron chi connectivity index (χ3n) is 7.67. The molecule has 2 saturated heterocycles. The molecular formula is C30H31ClFN5O6S. The van der Waals surface area contributed by atoms with Crippen molar-refractivity contribution in [3.63, 3.8) is 0 Å². The zero-order chi connectivity index (χ0) is 31.4. The average molecular weight is 644 g/mol. The number of thioether (sulfide) groups is 1. The van der Waals surface area contributed by atoms with Gasteiger partial charge in [-0.15, -0.1) is 0 Å². The maximum Gasteiger partial charge on any atom is 0.337 e. The Morgan fingerprint density at radius 3 is 2.41 bits per heavy atom. The molecule has 2 aliphatic rings. The molecule has 1 aromatic heterocycles. The van der Waals surface area contributed by atoms with Gasteiger partial charge < -0.3 is 20.5 Å². The van der Waals surface area contributed by atoms with Gasteiger partial charge in [-0.3, -0.25) is 19.3 Å². The second-order valence-corrected chi connectivity index (χ2v) is 11.9. The number of aromatic carboxylic acids is 1. The molecule has 11 nitrogen and oxygen atoms in total. The molecule has 1 atom stereocenters. The van der Waals surface area contributed by atoms with Crippen molar-refractivity contribution in [2.75, 3.05) is 45.9 Å². The van der Waals surface area contributed by atoms with Gasteiger partial charge in [-0.1, -0.05) is 53.7 Å². The maximum atomic E-state index is 16.2. The first-order chi connectivity index (χ1) is 21.2. The van der Waals surface area contributed by atoms with Crippen LogP contribution in [0, 0.1) is 5.82 Å². The number of morpholine rings is 1. The number of nitrogens with two attached hydrogens (primary N) is 1. The number of carbonyl (C=O) groups is 4. The number of nitrogens with zero attached hydrogens (tertiary/aromatic N) is 4. The molecule has 1 amide bonds. The monoisotopic (exact) mass is 643 g/mol. The highest BCUT2D eigenvalue weighted by atomic mass is 35.5. The number of hydrogen-bond donors (Lipinski definition) is 2. The Kier molecular flexibility index (Phi) is 10.1. The smallest absolute Gasteiger partial charge is 0.337 e. The van der Waals surface area contributed by atoms with Crippen LogP contribution in [-0.4, -0.2) is 94.2 Å². The van der Waals surface area contributed by atoms with Crippen molar-refractivity contribution in [3.05, 3.63) is 81.3 Å². The number of Topliss-reactive ketones (excluding diaryl/α,β-unsaturated/α-hetero) is 1. The van der Waals surface area contributed by atoms with E-state index in [9.17, 15) is 24.3 Å². The second kappa shape index (κ2) is 14.0. The van der Waals surface area contributed by atoms with Crippen molar-refractivity contribution in [3.8, 4) is 0 Å². The highest BCUT2D eigenvalue weighted by molar-refractivity contribution is 7.98. The van der Waals surface area contributed by atoms with E-state index in [4.69, 9.17) is 22.1 Å². The molecule has 3 heterocycles. The van der Waals surface area contributed by atoms with Crippen molar-refractivity contribution in [1.29, 1.82) is 0 Å². The number of likely N-dealkylation sites (tertiary alicyclic amines) is 1. The highest BCUT2D eigenvalue weighted by Crippen LogP contribution is 2.35. The molecule has 14 heteroatoms. The summed E-state index contributed by atoms with van der Waals surface area (Å²) in [5, 5.41) is 13.3. The fourth-order valence-corrected chi connectivity index (χ4v) is 6.42. The molecule has 2 aliphatic heterocycles. The van der Waals surface area contributed by atoms with E-state index in [1.165, 1.54) is 23.1 Å². The van der Waals surface area contributed by atoms with Gasteiger partial charge in [0.1, 0.15) is 10.7 Å². The van der Waals surface area contributed by atoms with E-state index in [0.29, 0.717) is 32.8 Å². The summed E-state index contributed by atoms with van der Waals surface area (Å²) in [5.41, 5.74) is 6.78. The molecule has 0 radical (unpaired) electrons. The van der Waals surface area contributed by atoms with E-state index in [-0.39, 0.29) is 70.4 Å². The Hall–Kier alpha value is -3.62. The highest BCUT2D eigenvalue weighted by Gasteiger charge is 2.37. The van der Waals surface area contributed by atoms with Gasteiger partial charge in [0, 0.05) is 31.9 Å². The molecule has 1 unspecified atom stereocenters. The predicted molar refractivity (Wildman–Crippen MR) is 160 cm³/mol. The van der Waals surface area contributed by atoms with Crippen molar-refractivity contribution in [2.24, 2.45) is 5.73 Å². The van der Waals surface area contributed by atoms with Crippen molar-refractivity contribution >= 4 is 46.9 Å². The average Bonchev–Trinajstić information content (AvgIpc) is 3.35. The topological polar surface area (TPSA) is 148 Å². The fraction of sp³-hybridized carbons (Fsp3) is 0.367. The molecule has 44 heavy (non-hydrogen) atoms. The Balaban J connectivity index is 1.42. The number of carboxylic acids is 1. The summed E-state index contributed by atoms with van der Waals surface area (Å²) in [6.07, 6.45) is 0.135. The van der Waals surface area contributed by atoms with Gasteiger partial charge in [-0.2, -0.15) is 9.78 Å². The quantitative estimate of drug-likeness (QED) is 0.333. The molecule has 3 N–H and O–H groups in total. The Bertz CT molecular complexity index is 1580. The number of benzene rings is 2. The van der Waals surface area contributed by atoms with Crippen molar-refractivity contribution < 1.29 is 33.4 Å². The van der Waals surface area contributed by atoms with Crippen LogP contribution in [0.25, 0.3) is 0 Å². The molecule has 232 valence electrons. The summed E-state index contributed by atoms with van der Waals surface area (Å²) in [4.78, 5) is 54.9. The number of hydrogen-bond acceptors (Lipinski definition) is 9. The van der Waals surface area contributed by atoms with Crippen LogP contribution < -0.4 is 5.73 Å². The first-order valence-corrected chi connectivity index (χ1v) is 15.4. The van der Waals surface area contributed by atoms with Crippen LogP contribution in [0.1, 0.15) is 49.9 Å². The Morgan fingerprint density at radius 1 is 1.07 bits per heavy atom. The number of carboxylic acid groups (broad SMARTS) is 1. The first-order valence-electron chi connectivity index (χ1n) is 14.0. The van der Waals surface area contributed by atoms with Crippen LogP contribution in [0.2, 0.25) is 5.02 Å². The lowest BCUT2D eigenvalue weighted by Crippen LogP contribution is -2.49. The van der Waals surface area contributed by atoms with E-state index < -0.39 is 23.6 Å². The summed E-state index contributed by atoms with van der Waals surface area (Å²) in [5.74, 6) is -4.26. The minimum absolute atomic E-state index is 0.135. The molecule has 0 saturated carbocycles. The van der Waals surface area contributed by atoms with Gasteiger partial charge in [0.05, 0.1) is 48.4 Å². The molecule has 0 aliphatic carbocycles. The molecule has 0 bridgehead atoms. The van der Waals surface area contributed by atoms with E-state index in [1.54, 1.807) is 0 Å². The van der Waals surface area contributed by atoms with Crippen LogP contribution >= 0.6 is 23.4 Å². The van der Waals surface area contributed by atoms with Crippen LogP contribution in [0.3, 0.4) is 0 Å². The number of ketones is 1.